The zero-order chi connectivity index (χ0) is 9.19. The van der Waals surface area contributed by atoms with Crippen LogP contribution in [0.1, 0.15) is 19.4 Å². The summed E-state index contributed by atoms with van der Waals surface area (Å²) in [6.07, 6.45) is 0. The molecule has 12 heavy (non-hydrogen) atoms. The minimum Gasteiger partial charge on any atom is -0.508 e. The van der Waals surface area contributed by atoms with Gasteiger partial charge in [-0.2, -0.15) is 0 Å². The molecule has 1 aromatic carbocycles. The van der Waals surface area contributed by atoms with Crippen molar-refractivity contribution < 1.29 is 5.11 Å². The standard InChI is InChI=1S/C10H15NO/c1-10(2,7-11)8-5-3-4-6-9(8)12/h3-6,12H,7,11H2,1-2H3. The van der Waals surface area contributed by atoms with Crippen LogP contribution in [0.4, 0.5) is 0 Å². The number of phenolic OH excluding ortho intramolecular Hbond substituents is 1. The molecule has 0 bridgehead atoms. The van der Waals surface area contributed by atoms with Crippen LogP contribution in [-0.2, 0) is 5.41 Å². The predicted molar refractivity (Wildman–Crippen MR) is 50.2 cm³/mol. The van der Waals surface area contributed by atoms with E-state index in [2.05, 4.69) is 0 Å². The van der Waals surface area contributed by atoms with Gasteiger partial charge in [-0.1, -0.05) is 32.0 Å². The van der Waals surface area contributed by atoms with Gasteiger partial charge in [0.15, 0.2) is 0 Å². The van der Waals surface area contributed by atoms with Crippen LogP contribution >= 0.6 is 0 Å². The summed E-state index contributed by atoms with van der Waals surface area (Å²) in [7, 11) is 0. The van der Waals surface area contributed by atoms with Crippen LogP contribution in [0.25, 0.3) is 0 Å². The van der Waals surface area contributed by atoms with Gasteiger partial charge in [0.25, 0.3) is 0 Å². The molecule has 0 amide bonds. The van der Waals surface area contributed by atoms with Crippen LogP contribution in [0.3, 0.4) is 0 Å². The van der Waals surface area contributed by atoms with Gasteiger partial charge in [-0.3, -0.25) is 0 Å². The average Bonchev–Trinajstić information content (AvgIpc) is 2.05. The van der Waals surface area contributed by atoms with Gasteiger partial charge in [0.1, 0.15) is 5.75 Å². The van der Waals surface area contributed by atoms with Gasteiger partial charge >= 0.3 is 0 Å². The molecule has 0 radical (unpaired) electrons. The summed E-state index contributed by atoms with van der Waals surface area (Å²) in [5, 5.41) is 9.52. The van der Waals surface area contributed by atoms with Crippen molar-refractivity contribution in [2.24, 2.45) is 5.73 Å². The van der Waals surface area contributed by atoms with Gasteiger partial charge in [0, 0.05) is 17.5 Å². The van der Waals surface area contributed by atoms with Gasteiger partial charge in [0.05, 0.1) is 0 Å². The molecule has 0 spiro atoms. The van der Waals surface area contributed by atoms with Crippen molar-refractivity contribution in [1.29, 1.82) is 0 Å². The number of hydrogen-bond donors (Lipinski definition) is 2. The first-order valence-corrected chi connectivity index (χ1v) is 4.06. The summed E-state index contributed by atoms with van der Waals surface area (Å²) in [6, 6.07) is 7.31. The summed E-state index contributed by atoms with van der Waals surface area (Å²) in [4.78, 5) is 0. The van der Waals surface area contributed by atoms with Crippen LogP contribution < -0.4 is 5.73 Å². The quantitative estimate of drug-likeness (QED) is 0.699. The maximum atomic E-state index is 9.52. The molecular formula is C10H15NO. The van der Waals surface area contributed by atoms with Crippen LogP contribution in [0.5, 0.6) is 5.75 Å². The second-order valence-corrected chi connectivity index (χ2v) is 3.61. The Kier molecular flexibility index (Phi) is 2.38. The molecule has 66 valence electrons. The lowest BCUT2D eigenvalue weighted by atomic mass is 9.84. The van der Waals surface area contributed by atoms with E-state index in [1.165, 1.54) is 0 Å². The molecule has 1 rings (SSSR count). The van der Waals surface area contributed by atoms with E-state index in [4.69, 9.17) is 5.73 Å². The highest BCUT2D eigenvalue weighted by atomic mass is 16.3. The molecule has 3 N–H and O–H groups in total. The molecule has 0 saturated carbocycles. The maximum absolute atomic E-state index is 9.52. The minimum atomic E-state index is -0.147. The lowest BCUT2D eigenvalue weighted by Gasteiger charge is -2.23. The molecule has 0 aliphatic carbocycles. The second-order valence-electron chi connectivity index (χ2n) is 3.61. The third-order valence-electron chi connectivity index (χ3n) is 2.14. The van der Waals surface area contributed by atoms with E-state index < -0.39 is 0 Å². The fourth-order valence-corrected chi connectivity index (χ4v) is 1.16. The minimum absolute atomic E-state index is 0.147. The van der Waals surface area contributed by atoms with E-state index in [0.717, 1.165) is 5.56 Å². The molecular weight excluding hydrogens is 150 g/mol. The first-order chi connectivity index (χ1) is 5.58. The van der Waals surface area contributed by atoms with Crippen molar-refractivity contribution in [2.75, 3.05) is 6.54 Å². The Morgan fingerprint density at radius 2 is 1.92 bits per heavy atom. The summed E-state index contributed by atoms with van der Waals surface area (Å²) < 4.78 is 0. The van der Waals surface area contributed by atoms with Crippen molar-refractivity contribution in [3.8, 4) is 5.75 Å². The van der Waals surface area contributed by atoms with E-state index in [-0.39, 0.29) is 5.41 Å². The van der Waals surface area contributed by atoms with E-state index in [9.17, 15) is 5.11 Å². The summed E-state index contributed by atoms with van der Waals surface area (Å²) in [6.45, 7) is 4.56. The predicted octanol–water partition coefficient (Wildman–Crippen LogP) is 1.63. The normalized spacial score (nSPS) is 11.6. The largest absolute Gasteiger partial charge is 0.508 e. The van der Waals surface area contributed by atoms with Crippen LogP contribution in [0.2, 0.25) is 0 Å². The fourth-order valence-electron chi connectivity index (χ4n) is 1.16. The fraction of sp³-hybridized carbons (Fsp3) is 0.400. The molecule has 2 heteroatoms. The molecule has 0 heterocycles. The highest BCUT2D eigenvalue weighted by Gasteiger charge is 2.21. The van der Waals surface area contributed by atoms with Gasteiger partial charge in [-0.25, -0.2) is 0 Å². The van der Waals surface area contributed by atoms with Gasteiger partial charge in [-0.05, 0) is 6.07 Å². The van der Waals surface area contributed by atoms with E-state index in [0.29, 0.717) is 12.3 Å². The number of rotatable bonds is 2. The lowest BCUT2D eigenvalue weighted by molar-refractivity contribution is 0.438. The van der Waals surface area contributed by atoms with Gasteiger partial charge in [-0.15, -0.1) is 0 Å². The number of phenols is 1. The smallest absolute Gasteiger partial charge is 0.119 e. The van der Waals surface area contributed by atoms with Gasteiger partial charge < -0.3 is 10.8 Å². The Bertz CT molecular complexity index is 268. The summed E-state index contributed by atoms with van der Waals surface area (Å²) >= 11 is 0. The molecule has 0 aliphatic rings. The monoisotopic (exact) mass is 165 g/mol. The SMILES string of the molecule is CC(C)(CN)c1ccccc1O. The van der Waals surface area contributed by atoms with Crippen molar-refractivity contribution >= 4 is 0 Å². The molecule has 2 nitrogen and oxygen atoms in total. The van der Waals surface area contributed by atoms with Crippen molar-refractivity contribution in [3.63, 3.8) is 0 Å². The van der Waals surface area contributed by atoms with E-state index in [1.807, 2.05) is 32.0 Å². The number of benzene rings is 1. The molecule has 0 fully saturated rings. The summed E-state index contributed by atoms with van der Waals surface area (Å²) in [5.41, 5.74) is 6.36. The third-order valence-corrected chi connectivity index (χ3v) is 2.14. The molecule has 0 saturated heterocycles. The molecule has 0 unspecified atom stereocenters. The topological polar surface area (TPSA) is 46.2 Å². The Hall–Kier alpha value is -1.02. The van der Waals surface area contributed by atoms with Gasteiger partial charge in [0.2, 0.25) is 0 Å². The lowest BCUT2D eigenvalue weighted by Crippen LogP contribution is -2.28. The number of hydrogen-bond acceptors (Lipinski definition) is 2. The Morgan fingerprint density at radius 3 is 2.42 bits per heavy atom. The zero-order valence-corrected chi connectivity index (χ0v) is 7.54. The Morgan fingerprint density at radius 1 is 1.33 bits per heavy atom. The van der Waals surface area contributed by atoms with Crippen LogP contribution in [0, 0.1) is 0 Å². The molecule has 1 aromatic rings. The average molecular weight is 165 g/mol. The third kappa shape index (κ3) is 1.59. The first-order valence-electron chi connectivity index (χ1n) is 4.06. The van der Waals surface area contributed by atoms with Crippen molar-refractivity contribution in [2.45, 2.75) is 19.3 Å². The number of para-hydroxylation sites is 1. The van der Waals surface area contributed by atoms with Crippen molar-refractivity contribution in [1.82, 2.24) is 0 Å². The highest BCUT2D eigenvalue weighted by Crippen LogP contribution is 2.29. The van der Waals surface area contributed by atoms with E-state index in [1.54, 1.807) is 6.07 Å². The molecule has 0 aliphatic heterocycles. The Balaban J connectivity index is 3.10. The highest BCUT2D eigenvalue weighted by molar-refractivity contribution is 5.37. The maximum Gasteiger partial charge on any atom is 0.119 e. The zero-order valence-electron chi connectivity index (χ0n) is 7.54. The number of aromatic hydroxyl groups is 1. The Labute approximate surface area is 73.0 Å². The molecule has 0 atom stereocenters. The van der Waals surface area contributed by atoms with Crippen molar-refractivity contribution in [3.05, 3.63) is 29.8 Å². The molecule has 0 aromatic heterocycles. The number of nitrogens with two attached hydrogens (primary N) is 1. The van der Waals surface area contributed by atoms with Crippen LogP contribution in [0.15, 0.2) is 24.3 Å². The first kappa shape index (κ1) is 9.07. The second kappa shape index (κ2) is 3.15. The van der Waals surface area contributed by atoms with Crippen LogP contribution in [-0.4, -0.2) is 11.7 Å². The summed E-state index contributed by atoms with van der Waals surface area (Å²) in [5.74, 6) is 0.327. The van der Waals surface area contributed by atoms with E-state index >= 15 is 0 Å².